The predicted octanol–water partition coefficient (Wildman–Crippen LogP) is -1.12. The van der Waals surface area contributed by atoms with E-state index < -0.39 is 0 Å². The van der Waals surface area contributed by atoms with Crippen molar-refractivity contribution < 1.29 is 24.1 Å². The molecule has 0 radical (unpaired) electrons. The van der Waals surface area contributed by atoms with Gasteiger partial charge in [0, 0.05) is 0 Å². The third-order valence-electron chi connectivity index (χ3n) is 0.458. The van der Waals surface area contributed by atoms with Crippen LogP contribution in [0, 0.1) is 0 Å². The summed E-state index contributed by atoms with van der Waals surface area (Å²) in [5.74, 6) is 0.356. The Morgan fingerprint density at radius 3 is 2.75 bits per heavy atom. The Bertz CT molecular complexity index is 121. The van der Waals surface area contributed by atoms with E-state index in [1.165, 1.54) is 0 Å². The summed E-state index contributed by atoms with van der Waals surface area (Å²) in [5, 5.41) is 2.27. The van der Waals surface area contributed by atoms with Crippen LogP contribution in [0.2, 0.25) is 0 Å². The number of allylic oxidation sites excluding steroid dienone is 1. The normalized spacial score (nSPS) is 10.5. The molecule has 1 amide bonds. The van der Waals surface area contributed by atoms with Gasteiger partial charge >= 0.3 is 57.9 Å². The Hall–Kier alpha value is -0.432. The zero-order valence-electron chi connectivity index (χ0n) is 4.03. The topological polar surface area (TPSA) is 55.1 Å². The summed E-state index contributed by atoms with van der Waals surface area (Å²) >= 11 is 1.99. The molecule has 0 bridgehead atoms. The Labute approximate surface area is 58.3 Å². The minimum atomic E-state index is 0.356. The molecular formula is C4H6N2OPt. The van der Waals surface area contributed by atoms with Gasteiger partial charge in [0.1, 0.15) is 0 Å². The summed E-state index contributed by atoms with van der Waals surface area (Å²) in [4.78, 5) is 9.64. The second kappa shape index (κ2) is 4.72. The zero-order chi connectivity index (χ0) is 6.41. The van der Waals surface area contributed by atoms with Crippen LogP contribution in [0.1, 0.15) is 0 Å². The van der Waals surface area contributed by atoms with Crippen LogP contribution in [-0.4, -0.2) is 10.8 Å². The second-order valence-electron chi connectivity index (χ2n) is 0.990. The number of amides is 1. The number of rotatable bonds is 3. The van der Waals surface area contributed by atoms with Gasteiger partial charge in [0.15, 0.2) is 0 Å². The third-order valence-corrected chi connectivity index (χ3v) is 0.837. The Morgan fingerprint density at radius 1 is 1.75 bits per heavy atom. The molecule has 48 valence electrons. The standard InChI is InChI=1S/C4H6N2O.Pt/c1-2-4(5)6-3-7;/h1-3H,5H2,(H,6,7);/b4-2-;. The SMILES string of the molecule is N/C(=C/[CH]=[Pt])NC=O. The van der Waals surface area contributed by atoms with Gasteiger partial charge in [-0.1, -0.05) is 0 Å². The fourth-order valence-corrected chi connectivity index (χ4v) is 0.581. The van der Waals surface area contributed by atoms with Gasteiger partial charge in [-0.05, 0) is 0 Å². The molecule has 3 N–H and O–H groups in total. The molecule has 8 heavy (non-hydrogen) atoms. The first-order chi connectivity index (χ1) is 3.81. The first-order valence-corrected chi connectivity index (χ1v) is 3.18. The van der Waals surface area contributed by atoms with Crippen LogP contribution in [0.3, 0.4) is 0 Å². The number of nitrogens with two attached hydrogens (primary N) is 1. The first-order valence-electron chi connectivity index (χ1n) is 1.87. The molecule has 0 saturated heterocycles. The fourth-order valence-electron chi connectivity index (χ4n) is 0.173. The van der Waals surface area contributed by atoms with Crippen molar-refractivity contribution in [1.29, 1.82) is 0 Å². The number of carbonyl (C=O) groups excluding carboxylic acids is 1. The summed E-state index contributed by atoms with van der Waals surface area (Å²) < 4.78 is 1.71. The average Bonchev–Trinajstić information content (AvgIpc) is 1.68. The van der Waals surface area contributed by atoms with Gasteiger partial charge in [0.2, 0.25) is 0 Å². The molecule has 0 heterocycles. The van der Waals surface area contributed by atoms with E-state index in [4.69, 9.17) is 5.73 Å². The van der Waals surface area contributed by atoms with E-state index in [2.05, 4.69) is 5.32 Å². The summed E-state index contributed by atoms with van der Waals surface area (Å²) in [6.07, 6.45) is 2.13. The summed E-state index contributed by atoms with van der Waals surface area (Å²) in [7, 11) is 0. The molecule has 0 aliphatic heterocycles. The van der Waals surface area contributed by atoms with Crippen molar-refractivity contribution in [2.24, 2.45) is 5.73 Å². The first kappa shape index (κ1) is 7.57. The van der Waals surface area contributed by atoms with Crippen molar-refractivity contribution in [3.05, 3.63) is 11.9 Å². The van der Waals surface area contributed by atoms with Gasteiger partial charge < -0.3 is 0 Å². The Morgan fingerprint density at radius 2 is 2.38 bits per heavy atom. The van der Waals surface area contributed by atoms with Gasteiger partial charge in [-0.3, -0.25) is 0 Å². The molecule has 4 heteroatoms. The Balaban J connectivity index is 3.60. The molecule has 0 aromatic heterocycles. The molecule has 0 aromatic carbocycles. The van der Waals surface area contributed by atoms with Gasteiger partial charge in [-0.15, -0.1) is 0 Å². The molecule has 0 fully saturated rings. The maximum atomic E-state index is 9.64. The molecule has 0 spiro atoms. The van der Waals surface area contributed by atoms with Crippen LogP contribution in [0.25, 0.3) is 0 Å². The van der Waals surface area contributed by atoms with Crippen LogP contribution >= 0.6 is 0 Å². The van der Waals surface area contributed by atoms with Crippen LogP contribution in [-0.2, 0) is 24.1 Å². The quantitative estimate of drug-likeness (QED) is 0.648. The van der Waals surface area contributed by atoms with Gasteiger partial charge in [0.25, 0.3) is 0 Å². The van der Waals surface area contributed by atoms with Gasteiger partial charge in [0.05, 0.1) is 0 Å². The number of hydrogen-bond acceptors (Lipinski definition) is 2. The molecule has 0 aromatic rings. The molecule has 0 unspecified atom stereocenters. The number of nitrogens with one attached hydrogen (secondary N) is 1. The van der Waals surface area contributed by atoms with Crippen molar-refractivity contribution in [3.63, 3.8) is 0 Å². The third kappa shape index (κ3) is 3.75. The van der Waals surface area contributed by atoms with Gasteiger partial charge in [-0.2, -0.15) is 0 Å². The summed E-state index contributed by atoms with van der Waals surface area (Å²) in [6, 6.07) is 0. The van der Waals surface area contributed by atoms with Gasteiger partial charge in [-0.25, -0.2) is 0 Å². The van der Waals surface area contributed by atoms with Crippen molar-refractivity contribution in [2.45, 2.75) is 0 Å². The van der Waals surface area contributed by atoms with E-state index in [1.54, 1.807) is 10.5 Å². The van der Waals surface area contributed by atoms with E-state index >= 15 is 0 Å². The predicted molar refractivity (Wildman–Crippen MR) is 27.5 cm³/mol. The molecule has 0 saturated carbocycles. The van der Waals surface area contributed by atoms with Crippen molar-refractivity contribution >= 4 is 10.8 Å². The molecular weight excluding hydrogens is 287 g/mol. The maximum absolute atomic E-state index is 9.64. The second-order valence-corrected chi connectivity index (χ2v) is 1.75. The van der Waals surface area contributed by atoms with E-state index in [9.17, 15) is 4.79 Å². The summed E-state index contributed by atoms with van der Waals surface area (Å²) in [5.41, 5.74) is 5.18. The van der Waals surface area contributed by atoms with Crippen LogP contribution in [0.4, 0.5) is 0 Å². The van der Waals surface area contributed by atoms with Crippen molar-refractivity contribution in [3.8, 4) is 0 Å². The molecule has 0 rings (SSSR count). The van der Waals surface area contributed by atoms with E-state index in [0.29, 0.717) is 12.2 Å². The van der Waals surface area contributed by atoms with Crippen molar-refractivity contribution in [2.75, 3.05) is 0 Å². The monoisotopic (exact) mass is 293 g/mol. The van der Waals surface area contributed by atoms with Crippen molar-refractivity contribution in [1.82, 2.24) is 5.32 Å². The van der Waals surface area contributed by atoms with Crippen LogP contribution in [0.15, 0.2) is 11.9 Å². The number of carbonyl (C=O) groups is 1. The van der Waals surface area contributed by atoms with Crippen LogP contribution in [0.5, 0.6) is 0 Å². The number of hydrogen-bond donors (Lipinski definition) is 2. The minimum absolute atomic E-state index is 0.356. The van der Waals surface area contributed by atoms with E-state index in [-0.39, 0.29) is 0 Å². The molecule has 3 nitrogen and oxygen atoms in total. The fraction of sp³-hybridized carbons (Fsp3) is 0. The average molecular weight is 293 g/mol. The summed E-state index contributed by atoms with van der Waals surface area (Å²) in [6.45, 7) is 0. The zero-order valence-corrected chi connectivity index (χ0v) is 6.31. The van der Waals surface area contributed by atoms with E-state index in [1.807, 2.05) is 19.4 Å². The Kier molecular flexibility index (Phi) is 4.47. The molecule has 0 atom stereocenters. The molecule has 0 aliphatic rings. The van der Waals surface area contributed by atoms with Crippen LogP contribution < -0.4 is 11.1 Å². The molecule has 0 aliphatic carbocycles. The van der Waals surface area contributed by atoms with E-state index in [0.717, 1.165) is 0 Å².